The Morgan fingerprint density at radius 2 is 1.62 bits per heavy atom. The van der Waals surface area contributed by atoms with Gasteiger partial charge in [-0.25, -0.2) is 0 Å². The van der Waals surface area contributed by atoms with Crippen LogP contribution in [0.15, 0.2) is 0 Å². The third kappa shape index (κ3) is 2.51. The van der Waals surface area contributed by atoms with Crippen LogP contribution in [0.2, 0.25) is 0 Å². The molecule has 3 nitrogen and oxygen atoms in total. The first-order chi connectivity index (χ1) is 7.68. The lowest BCUT2D eigenvalue weighted by Crippen LogP contribution is -2.49. The van der Waals surface area contributed by atoms with Gasteiger partial charge in [0.2, 0.25) is 0 Å². The van der Waals surface area contributed by atoms with E-state index in [1.807, 2.05) is 0 Å². The monoisotopic (exact) mass is 223 g/mol. The number of piperidine rings is 1. The van der Waals surface area contributed by atoms with E-state index in [9.17, 15) is 9.59 Å². The van der Waals surface area contributed by atoms with Gasteiger partial charge in [-0.2, -0.15) is 0 Å². The van der Waals surface area contributed by atoms with Crippen molar-refractivity contribution in [2.24, 2.45) is 5.92 Å². The molecular formula is C13H21NO2. The lowest BCUT2D eigenvalue weighted by atomic mass is 9.83. The number of hydrogen-bond donors (Lipinski definition) is 1. The summed E-state index contributed by atoms with van der Waals surface area (Å²) in [6.45, 7) is 2.14. The second-order valence-corrected chi connectivity index (χ2v) is 5.22. The van der Waals surface area contributed by atoms with Crippen molar-refractivity contribution in [2.75, 3.05) is 0 Å². The number of carbonyl (C=O) groups excluding carboxylic acids is 2. The topological polar surface area (TPSA) is 46.2 Å². The highest BCUT2D eigenvalue weighted by Gasteiger charge is 2.36. The fourth-order valence-corrected chi connectivity index (χ4v) is 2.98. The van der Waals surface area contributed by atoms with Gasteiger partial charge >= 0.3 is 0 Å². The van der Waals surface area contributed by atoms with E-state index in [1.54, 1.807) is 0 Å². The van der Waals surface area contributed by atoms with Crippen molar-refractivity contribution in [1.29, 1.82) is 0 Å². The summed E-state index contributed by atoms with van der Waals surface area (Å²) in [6.07, 6.45) is 6.26. The van der Waals surface area contributed by atoms with Crippen molar-refractivity contribution in [3.8, 4) is 0 Å². The second-order valence-electron chi connectivity index (χ2n) is 5.22. The first kappa shape index (κ1) is 11.8. The molecule has 2 rings (SSSR count). The lowest BCUT2D eigenvalue weighted by molar-refractivity contribution is -0.133. The average Bonchev–Trinajstić information content (AvgIpc) is 2.40. The summed E-state index contributed by atoms with van der Waals surface area (Å²) < 4.78 is 0. The van der Waals surface area contributed by atoms with Crippen LogP contribution < -0.4 is 5.32 Å². The van der Waals surface area contributed by atoms with Crippen molar-refractivity contribution in [1.82, 2.24) is 5.32 Å². The summed E-state index contributed by atoms with van der Waals surface area (Å²) in [5.41, 5.74) is 0. The fraction of sp³-hybridized carbons (Fsp3) is 0.846. The normalized spacial score (nSPS) is 33.8. The van der Waals surface area contributed by atoms with E-state index in [2.05, 4.69) is 12.2 Å². The van der Waals surface area contributed by atoms with E-state index in [-0.39, 0.29) is 23.5 Å². The van der Waals surface area contributed by atoms with Gasteiger partial charge in [-0.05, 0) is 32.6 Å². The quantitative estimate of drug-likeness (QED) is 0.545. The molecule has 16 heavy (non-hydrogen) atoms. The Kier molecular flexibility index (Phi) is 3.74. The third-order valence-electron chi connectivity index (χ3n) is 3.84. The summed E-state index contributed by atoms with van der Waals surface area (Å²) in [4.78, 5) is 23.9. The second kappa shape index (κ2) is 5.09. The van der Waals surface area contributed by atoms with Crippen LogP contribution in [-0.2, 0) is 9.59 Å². The lowest BCUT2D eigenvalue weighted by Gasteiger charge is -2.32. The van der Waals surface area contributed by atoms with Gasteiger partial charge in [0.15, 0.2) is 0 Å². The van der Waals surface area contributed by atoms with Crippen molar-refractivity contribution in [2.45, 2.75) is 64.0 Å². The van der Waals surface area contributed by atoms with Gasteiger partial charge in [-0.15, -0.1) is 0 Å². The molecule has 3 heteroatoms. The molecular weight excluding hydrogens is 202 g/mol. The van der Waals surface area contributed by atoms with E-state index < -0.39 is 0 Å². The van der Waals surface area contributed by atoms with Gasteiger partial charge in [0.05, 0.1) is 5.92 Å². The number of rotatable bonds is 1. The molecule has 90 valence electrons. The standard InChI is InChI=1S/C13H21NO2/c1-9-5-4-6-10(14-9)13-11(15)7-2-3-8-12(13)16/h9-10,13-14H,2-8H2,1H3. The van der Waals surface area contributed by atoms with E-state index in [1.165, 1.54) is 0 Å². The molecule has 2 aliphatic rings. The third-order valence-corrected chi connectivity index (χ3v) is 3.84. The highest BCUT2D eigenvalue weighted by molar-refractivity contribution is 6.03. The largest absolute Gasteiger partial charge is 0.310 e. The van der Waals surface area contributed by atoms with Crippen LogP contribution in [-0.4, -0.2) is 23.7 Å². The number of nitrogens with one attached hydrogen (secondary N) is 1. The van der Waals surface area contributed by atoms with Gasteiger partial charge in [0.1, 0.15) is 11.6 Å². The Balaban J connectivity index is 2.09. The summed E-state index contributed by atoms with van der Waals surface area (Å²) >= 11 is 0. The molecule has 0 aromatic carbocycles. The molecule has 0 bridgehead atoms. The van der Waals surface area contributed by atoms with E-state index >= 15 is 0 Å². The van der Waals surface area contributed by atoms with Crippen molar-refractivity contribution in [3.63, 3.8) is 0 Å². The Hall–Kier alpha value is -0.700. The molecule has 1 aliphatic heterocycles. The molecule has 0 spiro atoms. The smallest absolute Gasteiger partial charge is 0.144 e. The van der Waals surface area contributed by atoms with Crippen LogP contribution in [0, 0.1) is 5.92 Å². The van der Waals surface area contributed by atoms with Crippen LogP contribution >= 0.6 is 0 Å². The Bertz CT molecular complexity index is 270. The summed E-state index contributed by atoms with van der Waals surface area (Å²) in [7, 11) is 0. The Morgan fingerprint density at radius 3 is 2.19 bits per heavy atom. The zero-order chi connectivity index (χ0) is 11.5. The predicted octanol–water partition coefficient (Wildman–Crippen LogP) is 1.85. The fourth-order valence-electron chi connectivity index (χ4n) is 2.98. The molecule has 0 aromatic rings. The maximum absolute atomic E-state index is 12.0. The summed E-state index contributed by atoms with van der Waals surface area (Å²) in [6, 6.07) is 0.560. The van der Waals surface area contributed by atoms with E-state index in [0.29, 0.717) is 18.9 Å². The molecule has 1 saturated carbocycles. The maximum Gasteiger partial charge on any atom is 0.144 e. The highest BCUT2D eigenvalue weighted by Crippen LogP contribution is 2.25. The van der Waals surface area contributed by atoms with E-state index in [4.69, 9.17) is 0 Å². The SMILES string of the molecule is CC1CCCC(C2C(=O)CCCCC2=O)N1. The van der Waals surface area contributed by atoms with Crippen LogP contribution in [0.3, 0.4) is 0 Å². The number of hydrogen-bond acceptors (Lipinski definition) is 3. The molecule has 1 N–H and O–H groups in total. The molecule has 1 saturated heterocycles. The predicted molar refractivity (Wildman–Crippen MR) is 62.2 cm³/mol. The van der Waals surface area contributed by atoms with Gasteiger partial charge < -0.3 is 5.32 Å². The number of Topliss-reactive ketones (excluding diaryl/α,β-unsaturated/α-hetero) is 2. The Morgan fingerprint density at radius 1 is 1.00 bits per heavy atom. The first-order valence-corrected chi connectivity index (χ1v) is 6.50. The summed E-state index contributed by atoms with van der Waals surface area (Å²) in [5.74, 6) is 0.00782. The minimum Gasteiger partial charge on any atom is -0.310 e. The van der Waals surface area contributed by atoms with Crippen LogP contribution in [0.1, 0.15) is 51.9 Å². The molecule has 0 aromatic heterocycles. The van der Waals surface area contributed by atoms with Crippen LogP contribution in [0.5, 0.6) is 0 Å². The number of carbonyl (C=O) groups is 2. The molecule has 1 aliphatic carbocycles. The van der Waals surface area contributed by atoms with Gasteiger partial charge in [0.25, 0.3) is 0 Å². The first-order valence-electron chi connectivity index (χ1n) is 6.50. The van der Waals surface area contributed by atoms with Gasteiger partial charge in [0, 0.05) is 24.9 Å². The molecule has 0 radical (unpaired) electrons. The Labute approximate surface area is 97.0 Å². The molecule has 1 heterocycles. The summed E-state index contributed by atoms with van der Waals surface area (Å²) in [5, 5.41) is 3.43. The molecule has 2 fully saturated rings. The zero-order valence-corrected chi connectivity index (χ0v) is 10.00. The zero-order valence-electron chi connectivity index (χ0n) is 10.00. The van der Waals surface area contributed by atoms with Crippen molar-refractivity contribution in [3.05, 3.63) is 0 Å². The average molecular weight is 223 g/mol. The minimum absolute atomic E-state index is 0.113. The van der Waals surface area contributed by atoms with Crippen molar-refractivity contribution >= 4 is 11.6 Å². The highest BCUT2D eigenvalue weighted by atomic mass is 16.2. The van der Waals surface area contributed by atoms with Crippen LogP contribution in [0.4, 0.5) is 0 Å². The van der Waals surface area contributed by atoms with Gasteiger partial charge in [-0.3, -0.25) is 9.59 Å². The molecule has 0 amide bonds. The van der Waals surface area contributed by atoms with Gasteiger partial charge in [-0.1, -0.05) is 6.42 Å². The number of ketones is 2. The minimum atomic E-state index is -0.342. The maximum atomic E-state index is 12.0. The van der Waals surface area contributed by atoms with Crippen molar-refractivity contribution < 1.29 is 9.59 Å². The van der Waals surface area contributed by atoms with E-state index in [0.717, 1.165) is 32.1 Å². The van der Waals surface area contributed by atoms with Crippen LogP contribution in [0.25, 0.3) is 0 Å². The molecule has 2 unspecified atom stereocenters. The molecule has 2 atom stereocenters.